The van der Waals surface area contributed by atoms with Crippen molar-refractivity contribution >= 4 is 5.91 Å². The van der Waals surface area contributed by atoms with Gasteiger partial charge in [-0.05, 0) is 6.08 Å². The van der Waals surface area contributed by atoms with E-state index >= 15 is 0 Å². The van der Waals surface area contributed by atoms with E-state index in [2.05, 4.69) is 6.58 Å². The molecule has 4 heteroatoms. The van der Waals surface area contributed by atoms with E-state index in [0.717, 1.165) is 0 Å². The van der Waals surface area contributed by atoms with Gasteiger partial charge in [0.05, 0.1) is 19.3 Å². The molecule has 0 aromatic heterocycles. The standard InChI is InChI=1S/C8H13NO3/c1-2-8(11)9-3-4-12-7(5-9)6-10/h2,7,10H,1,3-6H2. The average molecular weight is 171 g/mol. The minimum atomic E-state index is -0.234. The number of hydrogen-bond donors (Lipinski definition) is 1. The van der Waals surface area contributed by atoms with Crippen LogP contribution in [0.25, 0.3) is 0 Å². The van der Waals surface area contributed by atoms with Crippen molar-refractivity contribution < 1.29 is 14.6 Å². The van der Waals surface area contributed by atoms with Crippen LogP contribution in [0.2, 0.25) is 0 Å². The maximum absolute atomic E-state index is 11.1. The van der Waals surface area contributed by atoms with Gasteiger partial charge in [0.1, 0.15) is 0 Å². The Morgan fingerprint density at radius 3 is 3.17 bits per heavy atom. The number of aliphatic hydroxyl groups is 1. The minimum Gasteiger partial charge on any atom is -0.394 e. The Morgan fingerprint density at radius 1 is 1.83 bits per heavy atom. The Bertz CT molecular complexity index is 181. The third kappa shape index (κ3) is 2.06. The van der Waals surface area contributed by atoms with E-state index in [4.69, 9.17) is 9.84 Å². The third-order valence-electron chi connectivity index (χ3n) is 1.83. The molecule has 1 aliphatic heterocycles. The first-order valence-corrected chi connectivity index (χ1v) is 3.91. The summed E-state index contributed by atoms with van der Waals surface area (Å²) in [5, 5.41) is 8.77. The Morgan fingerprint density at radius 2 is 2.58 bits per heavy atom. The SMILES string of the molecule is C=CC(=O)N1CCOC(CO)C1. The van der Waals surface area contributed by atoms with Crippen molar-refractivity contribution in [2.75, 3.05) is 26.3 Å². The zero-order valence-electron chi connectivity index (χ0n) is 6.90. The summed E-state index contributed by atoms with van der Waals surface area (Å²) in [5.41, 5.74) is 0. The molecule has 0 bridgehead atoms. The van der Waals surface area contributed by atoms with Crippen LogP contribution in [0.5, 0.6) is 0 Å². The molecule has 1 heterocycles. The van der Waals surface area contributed by atoms with Crippen molar-refractivity contribution in [3.8, 4) is 0 Å². The second kappa shape index (κ2) is 4.23. The molecule has 0 saturated carbocycles. The molecule has 1 amide bonds. The van der Waals surface area contributed by atoms with Crippen LogP contribution in [0.4, 0.5) is 0 Å². The summed E-state index contributed by atoms with van der Waals surface area (Å²) < 4.78 is 5.17. The van der Waals surface area contributed by atoms with Crippen molar-refractivity contribution in [2.24, 2.45) is 0 Å². The zero-order chi connectivity index (χ0) is 8.97. The van der Waals surface area contributed by atoms with Crippen LogP contribution in [0, 0.1) is 0 Å². The summed E-state index contributed by atoms with van der Waals surface area (Å²) in [4.78, 5) is 12.7. The highest BCUT2D eigenvalue weighted by Crippen LogP contribution is 2.04. The maximum atomic E-state index is 11.1. The normalized spacial score (nSPS) is 23.8. The summed E-state index contributed by atoms with van der Waals surface area (Å²) in [6.07, 6.45) is 1.04. The van der Waals surface area contributed by atoms with Crippen LogP contribution in [0.1, 0.15) is 0 Å². The number of carbonyl (C=O) groups is 1. The van der Waals surface area contributed by atoms with Gasteiger partial charge >= 0.3 is 0 Å². The second-order valence-electron chi connectivity index (χ2n) is 2.66. The van der Waals surface area contributed by atoms with E-state index in [1.165, 1.54) is 6.08 Å². The van der Waals surface area contributed by atoms with Gasteiger partial charge in [0.25, 0.3) is 0 Å². The largest absolute Gasteiger partial charge is 0.394 e. The number of ether oxygens (including phenoxy) is 1. The van der Waals surface area contributed by atoms with E-state index in [0.29, 0.717) is 19.7 Å². The van der Waals surface area contributed by atoms with Crippen LogP contribution in [-0.2, 0) is 9.53 Å². The number of rotatable bonds is 2. The van der Waals surface area contributed by atoms with Crippen LogP contribution in [0.15, 0.2) is 12.7 Å². The smallest absolute Gasteiger partial charge is 0.246 e. The first kappa shape index (κ1) is 9.22. The molecule has 1 N–H and O–H groups in total. The summed E-state index contributed by atoms with van der Waals surface area (Å²) in [6.45, 7) is 4.89. The predicted octanol–water partition coefficient (Wildman–Crippen LogP) is -0.608. The highest BCUT2D eigenvalue weighted by Gasteiger charge is 2.21. The lowest BCUT2D eigenvalue weighted by Crippen LogP contribution is -2.46. The van der Waals surface area contributed by atoms with Crippen LogP contribution in [0.3, 0.4) is 0 Å². The van der Waals surface area contributed by atoms with Crippen molar-refractivity contribution in [2.45, 2.75) is 6.10 Å². The van der Waals surface area contributed by atoms with Crippen molar-refractivity contribution in [3.63, 3.8) is 0 Å². The lowest BCUT2D eigenvalue weighted by molar-refractivity contribution is -0.135. The zero-order valence-corrected chi connectivity index (χ0v) is 6.90. The molecule has 1 saturated heterocycles. The van der Waals surface area contributed by atoms with Gasteiger partial charge in [-0.3, -0.25) is 4.79 Å². The first-order chi connectivity index (χ1) is 5.77. The number of nitrogens with zero attached hydrogens (tertiary/aromatic N) is 1. The molecular formula is C8H13NO3. The molecule has 68 valence electrons. The lowest BCUT2D eigenvalue weighted by atomic mass is 10.3. The quantitative estimate of drug-likeness (QED) is 0.564. The molecule has 0 aliphatic carbocycles. The molecule has 1 unspecified atom stereocenters. The van der Waals surface area contributed by atoms with Crippen LogP contribution < -0.4 is 0 Å². The van der Waals surface area contributed by atoms with E-state index < -0.39 is 0 Å². The number of carbonyl (C=O) groups excluding carboxylic acids is 1. The van der Waals surface area contributed by atoms with Gasteiger partial charge in [-0.1, -0.05) is 6.58 Å². The van der Waals surface area contributed by atoms with Crippen molar-refractivity contribution in [3.05, 3.63) is 12.7 Å². The van der Waals surface area contributed by atoms with Crippen LogP contribution in [-0.4, -0.2) is 48.3 Å². The monoisotopic (exact) mass is 171 g/mol. The molecule has 1 fully saturated rings. The van der Waals surface area contributed by atoms with Gasteiger partial charge in [-0.2, -0.15) is 0 Å². The predicted molar refractivity (Wildman–Crippen MR) is 43.6 cm³/mol. The number of hydrogen-bond acceptors (Lipinski definition) is 3. The van der Waals surface area contributed by atoms with Gasteiger partial charge in [-0.15, -0.1) is 0 Å². The first-order valence-electron chi connectivity index (χ1n) is 3.91. The van der Waals surface area contributed by atoms with E-state index in [1.54, 1.807) is 4.90 Å². The molecule has 0 aromatic carbocycles. The summed E-state index contributed by atoms with van der Waals surface area (Å²) in [6, 6.07) is 0. The average Bonchev–Trinajstić information content (AvgIpc) is 2.17. The number of amides is 1. The van der Waals surface area contributed by atoms with Gasteiger partial charge in [0.2, 0.25) is 5.91 Å². The summed E-state index contributed by atoms with van der Waals surface area (Å²) in [5.74, 6) is -0.100. The maximum Gasteiger partial charge on any atom is 0.246 e. The topological polar surface area (TPSA) is 49.8 Å². The Balaban J connectivity index is 2.45. The molecule has 0 radical (unpaired) electrons. The molecule has 12 heavy (non-hydrogen) atoms. The molecule has 1 atom stereocenters. The van der Waals surface area contributed by atoms with E-state index in [-0.39, 0.29) is 18.6 Å². The fourth-order valence-electron chi connectivity index (χ4n) is 1.16. The third-order valence-corrected chi connectivity index (χ3v) is 1.83. The number of aliphatic hydroxyl groups excluding tert-OH is 1. The Hall–Kier alpha value is -0.870. The fraction of sp³-hybridized carbons (Fsp3) is 0.625. The molecule has 1 rings (SSSR count). The highest BCUT2D eigenvalue weighted by molar-refractivity contribution is 5.87. The van der Waals surface area contributed by atoms with E-state index in [9.17, 15) is 4.79 Å². The number of morpholine rings is 1. The summed E-state index contributed by atoms with van der Waals surface area (Å²) in [7, 11) is 0. The molecule has 1 aliphatic rings. The van der Waals surface area contributed by atoms with Crippen molar-refractivity contribution in [1.29, 1.82) is 0 Å². The van der Waals surface area contributed by atoms with Gasteiger partial charge in [0, 0.05) is 13.1 Å². The van der Waals surface area contributed by atoms with Gasteiger partial charge < -0.3 is 14.7 Å². The molecular weight excluding hydrogens is 158 g/mol. The van der Waals surface area contributed by atoms with Crippen LogP contribution >= 0.6 is 0 Å². The molecule has 0 aromatic rings. The lowest BCUT2D eigenvalue weighted by Gasteiger charge is -2.31. The minimum absolute atomic E-state index is 0.0408. The van der Waals surface area contributed by atoms with Crippen molar-refractivity contribution in [1.82, 2.24) is 4.90 Å². The van der Waals surface area contributed by atoms with E-state index in [1.807, 2.05) is 0 Å². The molecule has 4 nitrogen and oxygen atoms in total. The second-order valence-corrected chi connectivity index (χ2v) is 2.66. The molecule has 0 spiro atoms. The Labute approximate surface area is 71.4 Å². The van der Waals surface area contributed by atoms with Gasteiger partial charge in [0.15, 0.2) is 0 Å². The highest BCUT2D eigenvalue weighted by atomic mass is 16.5. The summed E-state index contributed by atoms with van der Waals surface area (Å²) >= 11 is 0. The van der Waals surface area contributed by atoms with Gasteiger partial charge in [-0.25, -0.2) is 0 Å². The Kier molecular flexibility index (Phi) is 3.25. The fourth-order valence-corrected chi connectivity index (χ4v) is 1.16.